The highest BCUT2D eigenvalue weighted by atomic mass is 79.9. The fourth-order valence-electron chi connectivity index (χ4n) is 1.57. The molecule has 3 N–H and O–H groups in total. The smallest absolute Gasteiger partial charge is 0.328 e. The normalized spacial score (nSPS) is 13.4. The van der Waals surface area contributed by atoms with Gasteiger partial charge in [-0.2, -0.15) is 0 Å². The molecule has 0 saturated carbocycles. The number of benzene rings is 1. The molecule has 0 fully saturated rings. The van der Waals surface area contributed by atoms with Crippen LogP contribution in [0, 0.1) is 0 Å². The second-order valence-corrected chi connectivity index (χ2v) is 5.40. The fraction of sp³-hybridized carbons (Fsp3) is 0.385. The SMILES string of the molecule is CC(O)C(NC(=O)N(C)Cc1ccc(Br)cc1)C(=O)O. The minimum atomic E-state index is -1.32. The fourth-order valence-corrected chi connectivity index (χ4v) is 1.83. The molecule has 2 unspecified atom stereocenters. The van der Waals surface area contributed by atoms with Gasteiger partial charge in [0.15, 0.2) is 6.04 Å². The van der Waals surface area contributed by atoms with E-state index in [0.717, 1.165) is 10.0 Å². The van der Waals surface area contributed by atoms with Gasteiger partial charge in [-0.1, -0.05) is 28.1 Å². The summed E-state index contributed by atoms with van der Waals surface area (Å²) in [6.07, 6.45) is -1.17. The molecule has 6 nitrogen and oxygen atoms in total. The van der Waals surface area contributed by atoms with Gasteiger partial charge < -0.3 is 20.4 Å². The van der Waals surface area contributed by atoms with Gasteiger partial charge in [-0.3, -0.25) is 0 Å². The maximum atomic E-state index is 11.9. The van der Waals surface area contributed by atoms with Gasteiger partial charge >= 0.3 is 12.0 Å². The van der Waals surface area contributed by atoms with Crippen LogP contribution in [-0.4, -0.2) is 46.3 Å². The monoisotopic (exact) mass is 344 g/mol. The van der Waals surface area contributed by atoms with Gasteiger partial charge in [0, 0.05) is 18.1 Å². The van der Waals surface area contributed by atoms with Gasteiger partial charge in [-0.05, 0) is 24.6 Å². The number of carboxylic acids is 1. The van der Waals surface area contributed by atoms with Crippen LogP contribution in [-0.2, 0) is 11.3 Å². The number of nitrogens with one attached hydrogen (secondary N) is 1. The van der Waals surface area contributed by atoms with E-state index < -0.39 is 24.1 Å². The van der Waals surface area contributed by atoms with Gasteiger partial charge in [0.1, 0.15) is 0 Å². The number of aliphatic hydroxyl groups excluding tert-OH is 1. The van der Waals surface area contributed by atoms with Crippen molar-refractivity contribution >= 4 is 27.9 Å². The summed E-state index contributed by atoms with van der Waals surface area (Å²) in [7, 11) is 1.55. The molecule has 0 aliphatic carbocycles. The Bertz CT molecular complexity index is 476. The van der Waals surface area contributed by atoms with Crippen molar-refractivity contribution in [2.24, 2.45) is 0 Å². The summed E-state index contributed by atoms with van der Waals surface area (Å²) in [5.74, 6) is -1.27. The lowest BCUT2D eigenvalue weighted by Gasteiger charge is -2.22. The van der Waals surface area contributed by atoms with E-state index in [-0.39, 0.29) is 0 Å². The van der Waals surface area contributed by atoms with Crippen molar-refractivity contribution < 1.29 is 19.8 Å². The molecule has 0 aromatic heterocycles. The standard InChI is InChI=1S/C13H17BrN2O4/c1-8(17)11(12(18)19)15-13(20)16(2)7-9-3-5-10(14)6-4-9/h3-6,8,11,17H,7H2,1-2H3,(H,15,20)(H,18,19). The number of rotatable bonds is 5. The van der Waals surface area contributed by atoms with Crippen LogP contribution in [0.5, 0.6) is 0 Å². The lowest BCUT2D eigenvalue weighted by molar-refractivity contribution is -0.141. The number of hydrogen-bond donors (Lipinski definition) is 3. The third-order valence-electron chi connectivity index (χ3n) is 2.71. The van der Waals surface area contributed by atoms with E-state index in [1.807, 2.05) is 24.3 Å². The molecule has 1 aromatic carbocycles. The largest absolute Gasteiger partial charge is 0.480 e. The van der Waals surface area contributed by atoms with Crippen LogP contribution in [0.15, 0.2) is 28.7 Å². The molecule has 0 spiro atoms. The van der Waals surface area contributed by atoms with E-state index >= 15 is 0 Å². The summed E-state index contributed by atoms with van der Waals surface area (Å²) in [4.78, 5) is 24.1. The van der Waals surface area contributed by atoms with Crippen molar-refractivity contribution in [3.8, 4) is 0 Å². The predicted molar refractivity (Wildman–Crippen MR) is 77.2 cm³/mol. The topological polar surface area (TPSA) is 89.9 Å². The molecular weight excluding hydrogens is 328 g/mol. The molecule has 0 bridgehead atoms. The Kier molecular flexibility index (Phi) is 5.97. The first-order chi connectivity index (χ1) is 9.31. The number of carbonyl (C=O) groups is 2. The van der Waals surface area contributed by atoms with Crippen LogP contribution < -0.4 is 5.32 Å². The van der Waals surface area contributed by atoms with E-state index in [0.29, 0.717) is 6.54 Å². The number of urea groups is 1. The third kappa shape index (κ3) is 4.82. The molecule has 7 heteroatoms. The Hall–Kier alpha value is -1.60. The molecule has 0 aliphatic heterocycles. The summed E-state index contributed by atoms with van der Waals surface area (Å²) >= 11 is 3.32. The Labute approximate surface area is 125 Å². The van der Waals surface area contributed by atoms with E-state index in [1.165, 1.54) is 11.8 Å². The number of halogens is 1. The van der Waals surface area contributed by atoms with Crippen LogP contribution in [0.25, 0.3) is 0 Å². The lowest BCUT2D eigenvalue weighted by Crippen LogP contribution is -2.51. The number of amides is 2. The van der Waals surface area contributed by atoms with Crippen molar-refractivity contribution in [2.75, 3.05) is 7.05 Å². The van der Waals surface area contributed by atoms with Crippen LogP contribution >= 0.6 is 15.9 Å². The minimum absolute atomic E-state index is 0.339. The van der Waals surface area contributed by atoms with Crippen LogP contribution in [0.4, 0.5) is 4.79 Å². The number of aliphatic carboxylic acids is 1. The van der Waals surface area contributed by atoms with Crippen LogP contribution in [0.2, 0.25) is 0 Å². The van der Waals surface area contributed by atoms with Gasteiger partial charge in [-0.25, -0.2) is 9.59 Å². The zero-order chi connectivity index (χ0) is 15.3. The highest BCUT2D eigenvalue weighted by Crippen LogP contribution is 2.11. The molecule has 1 rings (SSSR count). The van der Waals surface area contributed by atoms with Crippen molar-refractivity contribution in [3.05, 3.63) is 34.3 Å². The van der Waals surface area contributed by atoms with E-state index in [1.54, 1.807) is 7.05 Å². The van der Waals surface area contributed by atoms with Gasteiger partial charge in [0.25, 0.3) is 0 Å². The predicted octanol–water partition coefficient (Wildman–Crippen LogP) is 1.42. The first kappa shape index (κ1) is 16.5. The van der Waals surface area contributed by atoms with Crippen LogP contribution in [0.3, 0.4) is 0 Å². The molecule has 0 heterocycles. The van der Waals surface area contributed by atoms with E-state index in [2.05, 4.69) is 21.2 Å². The van der Waals surface area contributed by atoms with Gasteiger partial charge in [0.05, 0.1) is 6.10 Å². The number of carbonyl (C=O) groups excluding carboxylic acids is 1. The van der Waals surface area contributed by atoms with E-state index in [4.69, 9.17) is 5.11 Å². The Morgan fingerprint density at radius 1 is 1.35 bits per heavy atom. The summed E-state index contributed by atoms with van der Waals surface area (Å²) < 4.78 is 0.938. The van der Waals surface area contributed by atoms with Crippen molar-refractivity contribution in [1.29, 1.82) is 0 Å². The van der Waals surface area contributed by atoms with Gasteiger partial charge in [0.2, 0.25) is 0 Å². The summed E-state index contributed by atoms with van der Waals surface area (Å²) in [5, 5.41) is 20.5. The van der Waals surface area contributed by atoms with Crippen LogP contribution in [0.1, 0.15) is 12.5 Å². The maximum Gasteiger partial charge on any atom is 0.328 e. The summed E-state index contributed by atoms with van der Waals surface area (Å²) in [6.45, 7) is 1.65. The Morgan fingerprint density at radius 2 is 1.90 bits per heavy atom. The first-order valence-corrected chi connectivity index (χ1v) is 6.77. The molecule has 110 valence electrons. The molecule has 0 saturated heterocycles. The maximum absolute atomic E-state index is 11.9. The van der Waals surface area contributed by atoms with Crippen molar-refractivity contribution in [3.63, 3.8) is 0 Å². The summed E-state index contributed by atoms with van der Waals surface area (Å²) in [6, 6.07) is 5.55. The Balaban J connectivity index is 2.62. The third-order valence-corrected chi connectivity index (χ3v) is 3.24. The quantitative estimate of drug-likeness (QED) is 0.753. The first-order valence-electron chi connectivity index (χ1n) is 5.98. The van der Waals surface area contributed by atoms with E-state index in [9.17, 15) is 14.7 Å². The Morgan fingerprint density at radius 3 is 2.35 bits per heavy atom. The number of carboxylic acid groups (broad SMARTS) is 1. The second kappa shape index (κ2) is 7.25. The average Bonchev–Trinajstić information content (AvgIpc) is 2.37. The van der Waals surface area contributed by atoms with Gasteiger partial charge in [-0.15, -0.1) is 0 Å². The molecule has 20 heavy (non-hydrogen) atoms. The lowest BCUT2D eigenvalue weighted by atomic mass is 10.2. The summed E-state index contributed by atoms with van der Waals surface area (Å²) in [5.41, 5.74) is 0.912. The highest BCUT2D eigenvalue weighted by molar-refractivity contribution is 9.10. The van der Waals surface area contributed by atoms with Crippen molar-refractivity contribution in [1.82, 2.24) is 10.2 Å². The zero-order valence-electron chi connectivity index (χ0n) is 11.2. The molecule has 1 aromatic rings. The molecule has 2 amide bonds. The average molecular weight is 345 g/mol. The second-order valence-electron chi connectivity index (χ2n) is 4.49. The highest BCUT2D eigenvalue weighted by Gasteiger charge is 2.26. The number of aliphatic hydroxyl groups is 1. The molecule has 0 aliphatic rings. The number of hydrogen-bond acceptors (Lipinski definition) is 3. The molecular formula is C13H17BrN2O4. The molecule has 0 radical (unpaired) electrons. The molecule has 2 atom stereocenters. The van der Waals surface area contributed by atoms with Crippen molar-refractivity contribution in [2.45, 2.75) is 25.6 Å². The minimum Gasteiger partial charge on any atom is -0.480 e. The number of nitrogens with zero attached hydrogens (tertiary/aromatic N) is 1. The zero-order valence-corrected chi connectivity index (χ0v) is 12.8.